The summed E-state index contributed by atoms with van der Waals surface area (Å²) < 4.78 is 2.85. The second-order valence-corrected chi connectivity index (χ2v) is 5.38. The number of unbranched alkanes of at least 4 members (excludes halogenated alkanes) is 1. The van der Waals surface area contributed by atoms with Crippen LogP contribution in [0.15, 0.2) is 11.0 Å². The zero-order chi connectivity index (χ0) is 13.8. The van der Waals surface area contributed by atoms with E-state index in [1.165, 1.54) is 15.3 Å². The molecule has 0 aliphatic carbocycles. The van der Waals surface area contributed by atoms with Crippen molar-refractivity contribution in [3.8, 4) is 5.88 Å². The number of nitrogens with zero attached hydrogens (tertiary/aromatic N) is 4. The second-order valence-electron chi connectivity index (χ2n) is 5.38. The quantitative estimate of drug-likeness (QED) is 0.759. The van der Waals surface area contributed by atoms with Crippen molar-refractivity contribution in [3.63, 3.8) is 0 Å². The smallest absolute Gasteiger partial charge is 0.330 e. The third-order valence-corrected chi connectivity index (χ3v) is 3.82. The van der Waals surface area contributed by atoms with Gasteiger partial charge in [-0.05, 0) is 26.4 Å². The molecule has 1 aliphatic heterocycles. The molecular formula is C13H24N4O2. The van der Waals surface area contributed by atoms with Crippen LogP contribution in [0.5, 0.6) is 5.88 Å². The van der Waals surface area contributed by atoms with E-state index in [4.69, 9.17) is 0 Å². The highest BCUT2D eigenvalue weighted by molar-refractivity contribution is 5.04. The minimum Gasteiger partial charge on any atom is -0.493 e. The van der Waals surface area contributed by atoms with Crippen molar-refractivity contribution >= 4 is 0 Å². The molecule has 0 bridgehead atoms. The molecule has 0 aromatic carbocycles. The van der Waals surface area contributed by atoms with Crippen LogP contribution in [-0.2, 0) is 13.6 Å². The van der Waals surface area contributed by atoms with Gasteiger partial charge in [-0.2, -0.15) is 0 Å². The highest BCUT2D eigenvalue weighted by Crippen LogP contribution is 2.07. The lowest BCUT2D eigenvalue weighted by Gasteiger charge is -2.32. The van der Waals surface area contributed by atoms with Gasteiger partial charge in [0, 0.05) is 39.8 Å². The predicted octanol–water partition coefficient (Wildman–Crippen LogP) is -0.0800. The van der Waals surface area contributed by atoms with Gasteiger partial charge in [-0.25, -0.2) is 4.79 Å². The van der Waals surface area contributed by atoms with Gasteiger partial charge in [0.2, 0.25) is 5.88 Å². The highest BCUT2D eigenvalue weighted by atomic mass is 16.3. The number of imidazole rings is 1. The molecule has 1 N–H and O–H groups in total. The summed E-state index contributed by atoms with van der Waals surface area (Å²) in [7, 11) is 3.81. The first kappa shape index (κ1) is 14.1. The van der Waals surface area contributed by atoms with Gasteiger partial charge in [0.15, 0.2) is 0 Å². The van der Waals surface area contributed by atoms with E-state index in [-0.39, 0.29) is 11.6 Å². The van der Waals surface area contributed by atoms with Crippen LogP contribution < -0.4 is 5.69 Å². The predicted molar refractivity (Wildman–Crippen MR) is 74.5 cm³/mol. The molecule has 1 saturated heterocycles. The maximum absolute atomic E-state index is 11.7. The summed E-state index contributed by atoms with van der Waals surface area (Å²) in [4.78, 5) is 16.5. The van der Waals surface area contributed by atoms with Gasteiger partial charge >= 0.3 is 5.69 Å². The highest BCUT2D eigenvalue weighted by Gasteiger charge is 2.13. The standard InChI is InChI=1S/C13H24N4O2/c1-14-7-9-16(10-8-14)5-3-4-6-17-12(18)11-15(2)13(17)19/h11,18H,3-10H2,1-2H3. The second kappa shape index (κ2) is 6.25. The summed E-state index contributed by atoms with van der Waals surface area (Å²) in [6, 6.07) is 0. The Morgan fingerprint density at radius 1 is 1.11 bits per heavy atom. The van der Waals surface area contributed by atoms with Crippen LogP contribution in [0.4, 0.5) is 0 Å². The number of hydrogen-bond acceptors (Lipinski definition) is 4. The van der Waals surface area contributed by atoms with E-state index in [0.29, 0.717) is 6.54 Å². The molecule has 6 heteroatoms. The van der Waals surface area contributed by atoms with Crippen LogP contribution in [0.3, 0.4) is 0 Å². The molecule has 2 heterocycles. The summed E-state index contributed by atoms with van der Waals surface area (Å²) in [6.07, 6.45) is 3.44. The molecule has 1 aromatic rings. The van der Waals surface area contributed by atoms with Gasteiger partial charge in [0.05, 0.1) is 6.20 Å². The number of aryl methyl sites for hydroxylation is 1. The van der Waals surface area contributed by atoms with E-state index >= 15 is 0 Å². The van der Waals surface area contributed by atoms with Gasteiger partial charge in [0.25, 0.3) is 0 Å². The third-order valence-electron chi connectivity index (χ3n) is 3.82. The Morgan fingerprint density at radius 3 is 2.32 bits per heavy atom. The molecule has 1 fully saturated rings. The molecule has 0 spiro atoms. The summed E-state index contributed by atoms with van der Waals surface area (Å²) in [5.41, 5.74) is -0.142. The van der Waals surface area contributed by atoms with E-state index in [9.17, 15) is 9.90 Å². The molecule has 108 valence electrons. The van der Waals surface area contributed by atoms with Crippen LogP contribution in [0.1, 0.15) is 12.8 Å². The van der Waals surface area contributed by atoms with Crippen molar-refractivity contribution in [3.05, 3.63) is 16.7 Å². The Hall–Kier alpha value is -1.27. The molecule has 0 atom stereocenters. The summed E-state index contributed by atoms with van der Waals surface area (Å²) in [5.74, 6) is 0.0621. The molecule has 0 saturated carbocycles. The molecule has 0 amide bonds. The van der Waals surface area contributed by atoms with Crippen molar-refractivity contribution in [1.29, 1.82) is 0 Å². The van der Waals surface area contributed by atoms with Crippen molar-refractivity contribution in [2.75, 3.05) is 39.8 Å². The fraction of sp³-hybridized carbons (Fsp3) is 0.769. The van der Waals surface area contributed by atoms with E-state index in [0.717, 1.165) is 45.6 Å². The van der Waals surface area contributed by atoms with Gasteiger partial charge in [-0.1, -0.05) is 0 Å². The molecule has 6 nitrogen and oxygen atoms in total. The Bertz CT molecular complexity index is 458. The van der Waals surface area contributed by atoms with Gasteiger partial charge < -0.3 is 14.9 Å². The van der Waals surface area contributed by atoms with E-state index in [1.54, 1.807) is 7.05 Å². The van der Waals surface area contributed by atoms with Crippen LogP contribution in [0.2, 0.25) is 0 Å². The maximum atomic E-state index is 11.7. The van der Waals surface area contributed by atoms with Crippen molar-refractivity contribution in [2.45, 2.75) is 19.4 Å². The van der Waals surface area contributed by atoms with Crippen LogP contribution in [-0.4, -0.2) is 63.8 Å². The van der Waals surface area contributed by atoms with E-state index in [2.05, 4.69) is 16.8 Å². The Balaban J connectivity index is 1.71. The molecule has 1 aromatic heterocycles. The van der Waals surface area contributed by atoms with Gasteiger partial charge in [-0.15, -0.1) is 0 Å². The van der Waals surface area contributed by atoms with Crippen molar-refractivity contribution < 1.29 is 5.11 Å². The average Bonchev–Trinajstić information content (AvgIpc) is 2.62. The molecular weight excluding hydrogens is 244 g/mol. The lowest BCUT2D eigenvalue weighted by atomic mass is 10.2. The van der Waals surface area contributed by atoms with Gasteiger partial charge in [-0.3, -0.25) is 9.13 Å². The fourth-order valence-corrected chi connectivity index (χ4v) is 2.47. The Morgan fingerprint density at radius 2 is 1.74 bits per heavy atom. The van der Waals surface area contributed by atoms with Crippen LogP contribution in [0.25, 0.3) is 0 Å². The number of hydrogen-bond donors (Lipinski definition) is 1. The third kappa shape index (κ3) is 3.61. The van der Waals surface area contributed by atoms with Crippen molar-refractivity contribution in [2.24, 2.45) is 7.05 Å². The molecule has 2 rings (SSSR count). The van der Waals surface area contributed by atoms with Gasteiger partial charge in [0.1, 0.15) is 0 Å². The van der Waals surface area contributed by atoms with E-state index in [1.807, 2.05) is 0 Å². The maximum Gasteiger partial charge on any atom is 0.330 e. The minimum atomic E-state index is -0.142. The zero-order valence-corrected chi connectivity index (χ0v) is 11.9. The first-order valence-corrected chi connectivity index (χ1v) is 6.94. The minimum absolute atomic E-state index is 0.0621. The van der Waals surface area contributed by atoms with E-state index < -0.39 is 0 Å². The average molecular weight is 268 g/mol. The summed E-state index contributed by atoms with van der Waals surface area (Å²) >= 11 is 0. The fourth-order valence-electron chi connectivity index (χ4n) is 2.47. The first-order valence-electron chi connectivity index (χ1n) is 6.94. The molecule has 19 heavy (non-hydrogen) atoms. The Kier molecular flexibility index (Phi) is 4.66. The lowest BCUT2D eigenvalue weighted by Crippen LogP contribution is -2.44. The molecule has 1 aliphatic rings. The SMILES string of the molecule is CN1CCN(CCCCn2c(O)cn(C)c2=O)CC1. The summed E-state index contributed by atoms with van der Waals surface area (Å²) in [5, 5.41) is 9.62. The monoisotopic (exact) mass is 268 g/mol. The molecule has 0 unspecified atom stereocenters. The summed E-state index contributed by atoms with van der Waals surface area (Å²) in [6.45, 7) is 6.22. The molecule has 0 radical (unpaired) electrons. The van der Waals surface area contributed by atoms with Crippen molar-refractivity contribution in [1.82, 2.24) is 18.9 Å². The Labute approximate surface area is 113 Å². The van der Waals surface area contributed by atoms with Crippen LogP contribution in [0, 0.1) is 0 Å². The number of aromatic nitrogens is 2. The first-order chi connectivity index (χ1) is 9.08. The number of rotatable bonds is 5. The largest absolute Gasteiger partial charge is 0.493 e. The normalized spacial score (nSPS) is 18.0. The number of likely N-dealkylation sites (N-methyl/N-ethyl adjacent to an activating group) is 1. The van der Waals surface area contributed by atoms with Crippen LogP contribution >= 0.6 is 0 Å². The number of aromatic hydroxyl groups is 1. The number of piperazine rings is 1. The lowest BCUT2D eigenvalue weighted by molar-refractivity contribution is 0.151. The zero-order valence-electron chi connectivity index (χ0n) is 11.9. The topological polar surface area (TPSA) is 53.6 Å².